The van der Waals surface area contributed by atoms with Gasteiger partial charge in [0.1, 0.15) is 6.04 Å². The Morgan fingerprint density at radius 2 is 1.44 bits per heavy atom. The SMILES string of the molecule is CC(C)=CCC/C(C)=C/CC/C(C)=C/CSC[C@H](NC(=O)CCCCCN1CCN(C)CC1)C(=O)N1CCCCC1. The van der Waals surface area contributed by atoms with Crippen molar-refractivity contribution in [2.45, 2.75) is 104 Å². The Labute approximate surface area is 256 Å². The molecule has 0 aromatic heterocycles. The lowest BCUT2D eigenvalue weighted by atomic mass is 10.1. The first-order valence-corrected chi connectivity index (χ1v) is 17.4. The highest BCUT2D eigenvalue weighted by atomic mass is 32.2. The van der Waals surface area contributed by atoms with Crippen LogP contribution in [0.5, 0.6) is 0 Å². The number of nitrogens with zero attached hydrogens (tertiary/aromatic N) is 3. The zero-order valence-electron chi connectivity index (χ0n) is 27.0. The van der Waals surface area contributed by atoms with Crippen LogP contribution >= 0.6 is 11.8 Å². The van der Waals surface area contributed by atoms with Gasteiger partial charge >= 0.3 is 0 Å². The topological polar surface area (TPSA) is 55.9 Å². The van der Waals surface area contributed by atoms with E-state index in [-0.39, 0.29) is 11.8 Å². The summed E-state index contributed by atoms with van der Waals surface area (Å²) in [5.74, 6) is 1.65. The molecule has 2 fully saturated rings. The highest BCUT2D eigenvalue weighted by Crippen LogP contribution is 2.16. The number of carbonyl (C=O) groups excluding carboxylic acids is 2. The van der Waals surface area contributed by atoms with Crippen LogP contribution in [0.15, 0.2) is 34.9 Å². The molecule has 0 bridgehead atoms. The standard InChI is InChI=1S/C34H60N4O2S/c1-29(2)14-12-15-30(3)16-13-17-31(4)19-27-41-28-32(34(40)38-21-10-7-11-22-38)35-33(39)18-8-6-9-20-37-25-23-36(5)24-26-37/h14,16,19,32H,6-13,15,17-18,20-28H2,1-5H3,(H,35,39)/b30-16+,31-19+/t32-/m0/s1. The molecule has 6 nitrogen and oxygen atoms in total. The summed E-state index contributed by atoms with van der Waals surface area (Å²) in [7, 11) is 2.19. The monoisotopic (exact) mass is 588 g/mol. The van der Waals surface area contributed by atoms with E-state index in [1.165, 1.54) is 23.1 Å². The molecule has 0 spiro atoms. The van der Waals surface area contributed by atoms with Gasteiger partial charge in [-0.2, -0.15) is 11.8 Å². The van der Waals surface area contributed by atoms with Crippen molar-refractivity contribution in [3.05, 3.63) is 34.9 Å². The first-order chi connectivity index (χ1) is 19.7. The number of carbonyl (C=O) groups is 2. The molecule has 0 radical (unpaired) electrons. The average molecular weight is 589 g/mol. The number of hydrogen-bond acceptors (Lipinski definition) is 5. The Kier molecular flexibility index (Phi) is 18.4. The summed E-state index contributed by atoms with van der Waals surface area (Å²) in [6.45, 7) is 16.1. The molecule has 1 N–H and O–H groups in total. The first kappa shape index (κ1) is 35.6. The van der Waals surface area contributed by atoms with Crippen LogP contribution in [0.3, 0.4) is 0 Å². The van der Waals surface area contributed by atoms with E-state index in [1.54, 1.807) is 11.8 Å². The minimum Gasteiger partial charge on any atom is -0.344 e. The molecule has 2 saturated heterocycles. The molecule has 2 aliphatic heterocycles. The number of hydrogen-bond donors (Lipinski definition) is 1. The van der Waals surface area contributed by atoms with Crippen LogP contribution < -0.4 is 5.32 Å². The molecule has 7 heteroatoms. The van der Waals surface area contributed by atoms with Gasteiger partial charge in [-0.3, -0.25) is 9.59 Å². The number of piperidine rings is 1. The van der Waals surface area contributed by atoms with Gasteiger partial charge in [0.25, 0.3) is 0 Å². The highest BCUT2D eigenvalue weighted by molar-refractivity contribution is 7.99. The summed E-state index contributed by atoms with van der Waals surface area (Å²) in [5.41, 5.74) is 4.25. The van der Waals surface area contributed by atoms with Crippen LogP contribution in [-0.4, -0.2) is 96.9 Å². The fraction of sp³-hybridized carbons (Fsp3) is 0.765. The van der Waals surface area contributed by atoms with Crippen molar-refractivity contribution < 1.29 is 9.59 Å². The second kappa shape index (κ2) is 21.2. The van der Waals surface area contributed by atoms with Crippen molar-refractivity contribution in [2.24, 2.45) is 0 Å². The third-order valence-electron chi connectivity index (χ3n) is 8.23. The Morgan fingerprint density at radius 1 is 0.780 bits per heavy atom. The predicted molar refractivity (Wildman–Crippen MR) is 178 cm³/mol. The van der Waals surface area contributed by atoms with E-state index in [4.69, 9.17) is 0 Å². The smallest absolute Gasteiger partial charge is 0.246 e. The van der Waals surface area contributed by atoms with E-state index in [0.29, 0.717) is 12.2 Å². The largest absolute Gasteiger partial charge is 0.344 e. The van der Waals surface area contributed by atoms with Gasteiger partial charge in [-0.25, -0.2) is 0 Å². The fourth-order valence-electron chi connectivity index (χ4n) is 5.37. The van der Waals surface area contributed by atoms with Crippen LogP contribution in [0.25, 0.3) is 0 Å². The molecule has 0 aromatic carbocycles. The number of piperazine rings is 1. The second-order valence-corrected chi connectivity index (χ2v) is 13.5. The van der Waals surface area contributed by atoms with Crippen LogP contribution in [0.4, 0.5) is 0 Å². The van der Waals surface area contributed by atoms with Gasteiger partial charge in [-0.15, -0.1) is 0 Å². The number of rotatable bonds is 18. The van der Waals surface area contributed by atoms with E-state index in [9.17, 15) is 9.59 Å². The Morgan fingerprint density at radius 3 is 2.12 bits per heavy atom. The fourth-order valence-corrected chi connectivity index (χ4v) is 6.37. The molecule has 2 rings (SSSR count). The average Bonchev–Trinajstić information content (AvgIpc) is 2.95. The van der Waals surface area contributed by atoms with E-state index in [2.05, 4.69) is 68.1 Å². The van der Waals surface area contributed by atoms with Crippen LogP contribution in [0.1, 0.15) is 98.3 Å². The third kappa shape index (κ3) is 16.6. The summed E-state index contributed by atoms with van der Waals surface area (Å²) in [5, 5.41) is 3.12. The number of unbranched alkanes of at least 4 members (excludes halogenated alkanes) is 2. The lowest BCUT2D eigenvalue weighted by Gasteiger charge is -2.32. The summed E-state index contributed by atoms with van der Waals surface area (Å²) in [6.07, 6.45) is 18.3. The number of likely N-dealkylation sites (N-methyl/N-ethyl adjacent to an activating group) is 1. The molecule has 41 heavy (non-hydrogen) atoms. The van der Waals surface area contributed by atoms with E-state index in [1.807, 2.05) is 4.90 Å². The molecule has 2 heterocycles. The van der Waals surface area contributed by atoms with Gasteiger partial charge in [0.2, 0.25) is 11.8 Å². The number of allylic oxidation sites excluding steroid dienone is 5. The maximum absolute atomic E-state index is 13.3. The lowest BCUT2D eigenvalue weighted by Crippen LogP contribution is -2.51. The first-order valence-electron chi connectivity index (χ1n) is 16.3. The number of likely N-dealkylation sites (tertiary alicyclic amines) is 1. The summed E-state index contributed by atoms with van der Waals surface area (Å²) in [6, 6.07) is -0.420. The van der Waals surface area contributed by atoms with E-state index < -0.39 is 6.04 Å². The van der Waals surface area contributed by atoms with Crippen molar-refractivity contribution in [3.63, 3.8) is 0 Å². The van der Waals surface area contributed by atoms with Crippen LogP contribution in [0, 0.1) is 0 Å². The zero-order valence-corrected chi connectivity index (χ0v) is 27.8. The van der Waals surface area contributed by atoms with Gasteiger partial charge in [-0.1, -0.05) is 41.4 Å². The number of thioether (sulfide) groups is 1. The molecule has 234 valence electrons. The minimum absolute atomic E-state index is 0.0269. The van der Waals surface area contributed by atoms with Crippen molar-refractivity contribution in [1.82, 2.24) is 20.0 Å². The van der Waals surface area contributed by atoms with Crippen LogP contribution in [-0.2, 0) is 9.59 Å². The molecular formula is C34H60N4O2S. The van der Waals surface area contributed by atoms with Crippen molar-refractivity contribution >= 4 is 23.6 Å². The normalized spacial score (nSPS) is 18.3. The molecule has 0 aromatic rings. The molecule has 2 amide bonds. The maximum atomic E-state index is 13.3. The van der Waals surface area contributed by atoms with E-state index >= 15 is 0 Å². The molecule has 0 saturated carbocycles. The summed E-state index contributed by atoms with van der Waals surface area (Å²) in [4.78, 5) is 33.0. The highest BCUT2D eigenvalue weighted by Gasteiger charge is 2.26. The van der Waals surface area contributed by atoms with Gasteiger partial charge < -0.3 is 20.0 Å². The quantitative estimate of drug-likeness (QED) is 0.147. The number of amides is 2. The van der Waals surface area contributed by atoms with Crippen molar-refractivity contribution in [2.75, 3.05) is 64.4 Å². The van der Waals surface area contributed by atoms with Crippen LogP contribution in [0.2, 0.25) is 0 Å². The molecular weight excluding hydrogens is 528 g/mol. The van der Waals surface area contributed by atoms with Crippen molar-refractivity contribution in [3.8, 4) is 0 Å². The summed E-state index contributed by atoms with van der Waals surface area (Å²) < 4.78 is 0. The predicted octanol–water partition coefficient (Wildman–Crippen LogP) is 6.44. The Bertz CT molecular complexity index is 851. The summed E-state index contributed by atoms with van der Waals surface area (Å²) >= 11 is 1.76. The molecule has 1 atom stereocenters. The van der Waals surface area contributed by atoms with Gasteiger partial charge in [0.15, 0.2) is 0 Å². The van der Waals surface area contributed by atoms with Gasteiger partial charge in [0, 0.05) is 57.2 Å². The van der Waals surface area contributed by atoms with Gasteiger partial charge in [0.05, 0.1) is 0 Å². The van der Waals surface area contributed by atoms with Crippen molar-refractivity contribution in [1.29, 1.82) is 0 Å². The van der Waals surface area contributed by atoms with E-state index in [0.717, 1.165) is 109 Å². The number of nitrogens with one attached hydrogen (secondary N) is 1. The minimum atomic E-state index is -0.420. The molecule has 0 unspecified atom stereocenters. The maximum Gasteiger partial charge on any atom is 0.246 e. The third-order valence-corrected chi connectivity index (χ3v) is 9.20. The zero-order chi connectivity index (χ0) is 29.9. The Balaban J connectivity index is 1.72. The Hall–Kier alpha value is -1.57. The molecule has 0 aliphatic carbocycles. The second-order valence-electron chi connectivity index (χ2n) is 12.5. The lowest BCUT2D eigenvalue weighted by molar-refractivity contribution is -0.136. The molecule has 2 aliphatic rings. The van der Waals surface area contributed by atoms with Gasteiger partial charge in [-0.05, 0) is 99.1 Å².